The lowest BCUT2D eigenvalue weighted by Gasteiger charge is -2.19. The standard InChI is InChI=1S/C16H24N2O3/c1-5-12(10-19)17-14(20)15(21)18-13-8-6-11(7-9-13)16(2,3)4/h6-9,12,19H,5,10H2,1-4H3,(H,17,20)(H,18,21)/t12-/m0/s1. The molecule has 0 aromatic heterocycles. The van der Waals surface area contributed by atoms with Crippen molar-refractivity contribution in [3.8, 4) is 0 Å². The summed E-state index contributed by atoms with van der Waals surface area (Å²) in [6.45, 7) is 7.95. The van der Waals surface area contributed by atoms with Gasteiger partial charge in [0.2, 0.25) is 0 Å². The number of rotatable bonds is 4. The van der Waals surface area contributed by atoms with E-state index in [4.69, 9.17) is 5.11 Å². The summed E-state index contributed by atoms with van der Waals surface area (Å²) >= 11 is 0. The van der Waals surface area contributed by atoms with E-state index in [1.807, 2.05) is 19.1 Å². The third kappa shape index (κ3) is 5.19. The SMILES string of the molecule is CC[C@@H](CO)NC(=O)C(=O)Nc1ccc(C(C)(C)C)cc1. The molecule has 5 nitrogen and oxygen atoms in total. The number of carbonyl (C=O) groups excluding carboxylic acids is 2. The van der Waals surface area contributed by atoms with E-state index in [1.54, 1.807) is 12.1 Å². The largest absolute Gasteiger partial charge is 0.394 e. The zero-order valence-corrected chi connectivity index (χ0v) is 13.1. The van der Waals surface area contributed by atoms with Crippen LogP contribution >= 0.6 is 0 Å². The van der Waals surface area contributed by atoms with E-state index in [2.05, 4.69) is 31.4 Å². The highest BCUT2D eigenvalue weighted by Crippen LogP contribution is 2.23. The average Bonchev–Trinajstić information content (AvgIpc) is 2.44. The number of aliphatic hydroxyl groups excluding tert-OH is 1. The van der Waals surface area contributed by atoms with Gasteiger partial charge < -0.3 is 15.7 Å². The fourth-order valence-electron chi connectivity index (χ4n) is 1.77. The minimum Gasteiger partial charge on any atom is -0.394 e. The lowest BCUT2D eigenvalue weighted by molar-refractivity contribution is -0.136. The summed E-state index contributed by atoms with van der Waals surface area (Å²) in [5.41, 5.74) is 1.76. The molecule has 0 bridgehead atoms. The van der Waals surface area contributed by atoms with Crippen molar-refractivity contribution in [1.82, 2.24) is 5.32 Å². The molecular weight excluding hydrogens is 268 g/mol. The lowest BCUT2D eigenvalue weighted by Crippen LogP contribution is -2.43. The molecule has 5 heteroatoms. The van der Waals surface area contributed by atoms with Crippen molar-refractivity contribution < 1.29 is 14.7 Å². The third-order valence-corrected chi connectivity index (χ3v) is 3.26. The van der Waals surface area contributed by atoms with Crippen molar-refractivity contribution in [2.24, 2.45) is 0 Å². The van der Waals surface area contributed by atoms with Crippen molar-refractivity contribution >= 4 is 17.5 Å². The van der Waals surface area contributed by atoms with Gasteiger partial charge >= 0.3 is 11.8 Å². The van der Waals surface area contributed by atoms with Crippen LogP contribution in [0.2, 0.25) is 0 Å². The van der Waals surface area contributed by atoms with E-state index in [1.165, 1.54) is 0 Å². The molecule has 0 aliphatic carbocycles. The van der Waals surface area contributed by atoms with Crippen molar-refractivity contribution in [1.29, 1.82) is 0 Å². The molecule has 21 heavy (non-hydrogen) atoms. The van der Waals surface area contributed by atoms with E-state index in [0.29, 0.717) is 12.1 Å². The Morgan fingerprint density at radius 3 is 2.14 bits per heavy atom. The van der Waals surface area contributed by atoms with Gasteiger partial charge in [0.1, 0.15) is 0 Å². The van der Waals surface area contributed by atoms with Crippen molar-refractivity contribution in [2.45, 2.75) is 45.6 Å². The van der Waals surface area contributed by atoms with Gasteiger partial charge in [-0.2, -0.15) is 0 Å². The maximum absolute atomic E-state index is 11.8. The van der Waals surface area contributed by atoms with Crippen LogP contribution in [0.25, 0.3) is 0 Å². The summed E-state index contributed by atoms with van der Waals surface area (Å²) in [6, 6.07) is 7.00. The Balaban J connectivity index is 2.64. The van der Waals surface area contributed by atoms with Gasteiger partial charge in [-0.15, -0.1) is 0 Å². The molecule has 1 rings (SSSR count). The first-order chi connectivity index (χ1) is 9.77. The Labute approximate surface area is 125 Å². The predicted octanol–water partition coefficient (Wildman–Crippen LogP) is 1.81. The van der Waals surface area contributed by atoms with Crippen LogP contribution in [0.5, 0.6) is 0 Å². The van der Waals surface area contributed by atoms with E-state index >= 15 is 0 Å². The normalized spacial score (nSPS) is 12.6. The summed E-state index contributed by atoms with van der Waals surface area (Å²) in [6.07, 6.45) is 0.565. The van der Waals surface area contributed by atoms with Gasteiger partial charge in [-0.05, 0) is 29.5 Å². The maximum Gasteiger partial charge on any atom is 0.313 e. The molecule has 0 heterocycles. The molecule has 0 unspecified atom stereocenters. The van der Waals surface area contributed by atoms with Crippen LogP contribution < -0.4 is 10.6 Å². The van der Waals surface area contributed by atoms with E-state index in [9.17, 15) is 9.59 Å². The Hall–Kier alpha value is -1.88. The molecule has 1 aromatic rings. The van der Waals surface area contributed by atoms with Gasteiger partial charge in [-0.25, -0.2) is 0 Å². The number of aliphatic hydroxyl groups is 1. The van der Waals surface area contributed by atoms with E-state index < -0.39 is 17.9 Å². The van der Waals surface area contributed by atoms with Crippen LogP contribution in [0.1, 0.15) is 39.7 Å². The maximum atomic E-state index is 11.8. The fourth-order valence-corrected chi connectivity index (χ4v) is 1.77. The summed E-state index contributed by atoms with van der Waals surface area (Å²) in [5.74, 6) is -1.47. The molecule has 3 N–H and O–H groups in total. The highest BCUT2D eigenvalue weighted by molar-refractivity contribution is 6.39. The zero-order chi connectivity index (χ0) is 16.0. The third-order valence-electron chi connectivity index (χ3n) is 3.26. The van der Waals surface area contributed by atoms with Crippen LogP contribution in [0.4, 0.5) is 5.69 Å². The minimum absolute atomic E-state index is 0.0371. The zero-order valence-electron chi connectivity index (χ0n) is 13.1. The first-order valence-electron chi connectivity index (χ1n) is 7.11. The molecule has 0 spiro atoms. The van der Waals surface area contributed by atoms with Gasteiger partial charge in [0.25, 0.3) is 0 Å². The highest BCUT2D eigenvalue weighted by atomic mass is 16.3. The molecule has 0 aliphatic heterocycles. The van der Waals surface area contributed by atoms with E-state index in [0.717, 1.165) is 5.56 Å². The van der Waals surface area contributed by atoms with Gasteiger partial charge in [0, 0.05) is 5.69 Å². The number of anilines is 1. The quantitative estimate of drug-likeness (QED) is 0.741. The number of hydrogen-bond donors (Lipinski definition) is 3. The van der Waals surface area contributed by atoms with Crippen molar-refractivity contribution in [2.75, 3.05) is 11.9 Å². The molecule has 0 saturated carbocycles. The lowest BCUT2D eigenvalue weighted by atomic mass is 9.87. The van der Waals surface area contributed by atoms with Crippen LogP contribution in [-0.4, -0.2) is 29.6 Å². The Bertz CT molecular complexity index is 485. The Morgan fingerprint density at radius 1 is 1.14 bits per heavy atom. The van der Waals surface area contributed by atoms with Crippen LogP contribution in [0, 0.1) is 0 Å². The number of nitrogens with one attached hydrogen (secondary N) is 2. The summed E-state index contributed by atoms with van der Waals surface area (Å²) in [5, 5.41) is 14.0. The monoisotopic (exact) mass is 292 g/mol. The van der Waals surface area contributed by atoms with Crippen molar-refractivity contribution in [3.63, 3.8) is 0 Å². The fraction of sp³-hybridized carbons (Fsp3) is 0.500. The number of benzene rings is 1. The van der Waals surface area contributed by atoms with Crippen molar-refractivity contribution in [3.05, 3.63) is 29.8 Å². The predicted molar refractivity (Wildman–Crippen MR) is 83.1 cm³/mol. The topological polar surface area (TPSA) is 78.4 Å². The van der Waals surface area contributed by atoms with Gasteiger partial charge in [0.15, 0.2) is 0 Å². The second-order valence-electron chi connectivity index (χ2n) is 6.04. The number of amides is 2. The number of hydrogen-bond acceptors (Lipinski definition) is 3. The first-order valence-corrected chi connectivity index (χ1v) is 7.11. The highest BCUT2D eigenvalue weighted by Gasteiger charge is 2.18. The Morgan fingerprint density at radius 2 is 1.71 bits per heavy atom. The van der Waals surface area contributed by atoms with Gasteiger partial charge in [0.05, 0.1) is 12.6 Å². The second kappa shape index (κ2) is 7.22. The first kappa shape index (κ1) is 17.2. The molecular formula is C16H24N2O3. The summed E-state index contributed by atoms with van der Waals surface area (Å²) < 4.78 is 0. The average molecular weight is 292 g/mol. The molecule has 1 aromatic carbocycles. The molecule has 2 amide bonds. The molecule has 0 radical (unpaired) electrons. The van der Waals surface area contributed by atoms with Crippen LogP contribution in [0.15, 0.2) is 24.3 Å². The molecule has 1 atom stereocenters. The molecule has 0 fully saturated rings. The second-order valence-corrected chi connectivity index (χ2v) is 6.04. The summed E-state index contributed by atoms with van der Waals surface area (Å²) in [7, 11) is 0. The Kier molecular flexibility index (Phi) is 5.90. The van der Waals surface area contributed by atoms with Gasteiger partial charge in [-0.3, -0.25) is 9.59 Å². The number of carbonyl (C=O) groups is 2. The smallest absolute Gasteiger partial charge is 0.313 e. The minimum atomic E-state index is -0.740. The van der Waals surface area contributed by atoms with E-state index in [-0.39, 0.29) is 12.0 Å². The van der Waals surface area contributed by atoms with Crippen LogP contribution in [0.3, 0.4) is 0 Å². The summed E-state index contributed by atoms with van der Waals surface area (Å²) in [4.78, 5) is 23.4. The van der Waals surface area contributed by atoms with Crippen LogP contribution in [-0.2, 0) is 15.0 Å². The molecule has 116 valence electrons. The molecule has 0 aliphatic rings. The van der Waals surface area contributed by atoms with Gasteiger partial charge in [-0.1, -0.05) is 39.8 Å². The molecule has 0 saturated heterocycles.